The third kappa shape index (κ3) is 3.50. The van der Waals surface area contributed by atoms with Gasteiger partial charge in [-0.1, -0.05) is 11.6 Å². The molecule has 3 aromatic rings. The number of phenolic OH excluding ortho intramolecular Hbond substituents is 1. The minimum Gasteiger partial charge on any atom is -0.507 e. The van der Waals surface area contributed by atoms with E-state index in [1.807, 2.05) is 0 Å². The summed E-state index contributed by atoms with van der Waals surface area (Å²) in [5.74, 6) is -0.153. The first-order valence-electron chi connectivity index (χ1n) is 8.67. The van der Waals surface area contributed by atoms with Crippen molar-refractivity contribution in [2.75, 3.05) is 31.1 Å². The highest BCUT2D eigenvalue weighted by atomic mass is 35.5. The molecule has 140 valence electrons. The second-order valence-corrected chi connectivity index (χ2v) is 7.00. The first-order chi connectivity index (χ1) is 13.0. The predicted molar refractivity (Wildman–Crippen MR) is 103 cm³/mol. The zero-order valence-electron chi connectivity index (χ0n) is 14.5. The zero-order valence-corrected chi connectivity index (χ0v) is 15.2. The number of rotatable bonds is 3. The Hall–Kier alpha value is -2.57. The summed E-state index contributed by atoms with van der Waals surface area (Å²) in [5, 5.41) is 10.7. The highest BCUT2D eigenvalue weighted by molar-refractivity contribution is 6.30. The van der Waals surface area contributed by atoms with Gasteiger partial charge in [-0.15, -0.1) is 0 Å². The van der Waals surface area contributed by atoms with Gasteiger partial charge in [0.1, 0.15) is 28.4 Å². The molecule has 4 rings (SSSR count). The lowest BCUT2D eigenvalue weighted by Crippen LogP contribution is -2.46. The van der Waals surface area contributed by atoms with Crippen LogP contribution < -0.4 is 10.3 Å². The molecule has 1 aromatic heterocycles. The molecule has 0 aliphatic carbocycles. The normalized spacial score (nSPS) is 15.4. The average molecular weight is 389 g/mol. The molecule has 2 aromatic carbocycles. The molecule has 0 saturated carbocycles. The van der Waals surface area contributed by atoms with E-state index in [1.165, 1.54) is 30.5 Å². The Bertz CT molecular complexity index is 1030. The van der Waals surface area contributed by atoms with Gasteiger partial charge in [-0.3, -0.25) is 9.69 Å². The summed E-state index contributed by atoms with van der Waals surface area (Å²) in [6.07, 6.45) is 1.21. The Labute approximate surface area is 160 Å². The van der Waals surface area contributed by atoms with Crippen LogP contribution in [0.1, 0.15) is 5.56 Å². The Kier molecular flexibility index (Phi) is 4.76. The van der Waals surface area contributed by atoms with Crippen LogP contribution in [0, 0.1) is 5.82 Å². The summed E-state index contributed by atoms with van der Waals surface area (Å²) in [6, 6.07) is 9.50. The number of hydrogen-bond donors (Lipinski definition) is 1. The van der Waals surface area contributed by atoms with E-state index in [1.54, 1.807) is 12.1 Å². The summed E-state index contributed by atoms with van der Waals surface area (Å²) in [5.41, 5.74) is 1.63. The van der Waals surface area contributed by atoms with E-state index >= 15 is 0 Å². The maximum absolute atomic E-state index is 13.1. The van der Waals surface area contributed by atoms with Crippen molar-refractivity contribution < 1.29 is 13.9 Å². The fourth-order valence-electron chi connectivity index (χ4n) is 3.42. The van der Waals surface area contributed by atoms with E-state index in [0.29, 0.717) is 23.1 Å². The molecule has 1 aliphatic heterocycles. The number of phenols is 1. The van der Waals surface area contributed by atoms with Gasteiger partial charge < -0.3 is 14.4 Å². The number of nitrogens with zero attached hydrogens (tertiary/aromatic N) is 2. The first-order valence-corrected chi connectivity index (χ1v) is 9.05. The number of benzene rings is 2. The molecule has 2 heterocycles. The minimum atomic E-state index is -0.305. The Morgan fingerprint density at radius 1 is 1.07 bits per heavy atom. The Morgan fingerprint density at radius 2 is 1.78 bits per heavy atom. The highest BCUT2D eigenvalue weighted by Gasteiger charge is 2.21. The van der Waals surface area contributed by atoms with Gasteiger partial charge in [0.15, 0.2) is 0 Å². The largest absolute Gasteiger partial charge is 0.507 e. The van der Waals surface area contributed by atoms with Gasteiger partial charge in [0.25, 0.3) is 0 Å². The molecular formula is C20H18ClFN2O3. The molecule has 0 amide bonds. The van der Waals surface area contributed by atoms with Crippen LogP contribution in [0.3, 0.4) is 0 Å². The van der Waals surface area contributed by atoms with E-state index in [4.69, 9.17) is 16.0 Å². The van der Waals surface area contributed by atoms with Crippen molar-refractivity contribution in [1.29, 1.82) is 0 Å². The second kappa shape index (κ2) is 7.21. The SMILES string of the molecule is O=c1c(Cl)coc2c(CN3CCN(c4ccc(F)cc4)CC3)c(O)ccc12. The lowest BCUT2D eigenvalue weighted by molar-refractivity contribution is 0.246. The number of piperazine rings is 1. The van der Waals surface area contributed by atoms with E-state index in [0.717, 1.165) is 31.9 Å². The Morgan fingerprint density at radius 3 is 2.48 bits per heavy atom. The first kappa shape index (κ1) is 17.8. The number of anilines is 1. The molecule has 0 unspecified atom stereocenters. The van der Waals surface area contributed by atoms with Crippen LogP contribution in [-0.2, 0) is 6.54 Å². The van der Waals surface area contributed by atoms with E-state index in [9.17, 15) is 14.3 Å². The quantitative estimate of drug-likeness (QED) is 0.742. The van der Waals surface area contributed by atoms with Gasteiger partial charge in [0.05, 0.1) is 10.9 Å². The highest BCUT2D eigenvalue weighted by Crippen LogP contribution is 2.28. The van der Waals surface area contributed by atoms with Crippen molar-refractivity contribution in [3.05, 3.63) is 69.3 Å². The van der Waals surface area contributed by atoms with Gasteiger partial charge in [-0.2, -0.15) is 0 Å². The minimum absolute atomic E-state index is 0.0204. The standard InChI is InChI=1S/C20H18ClFN2O3/c21-17-12-27-20-15(19(17)26)5-6-18(25)16(20)11-23-7-9-24(10-8-23)14-3-1-13(22)2-4-14/h1-6,12,25H,7-11H2. The topological polar surface area (TPSA) is 56.9 Å². The number of hydrogen-bond acceptors (Lipinski definition) is 5. The average Bonchev–Trinajstić information content (AvgIpc) is 2.68. The summed E-state index contributed by atoms with van der Waals surface area (Å²) >= 11 is 5.85. The lowest BCUT2D eigenvalue weighted by Gasteiger charge is -2.36. The van der Waals surface area contributed by atoms with E-state index < -0.39 is 0 Å². The van der Waals surface area contributed by atoms with E-state index in [-0.39, 0.29) is 22.0 Å². The van der Waals surface area contributed by atoms with Crippen LogP contribution in [0.5, 0.6) is 5.75 Å². The maximum atomic E-state index is 13.1. The number of fused-ring (bicyclic) bond motifs is 1. The molecule has 0 atom stereocenters. The molecule has 1 N–H and O–H groups in total. The van der Waals surface area contributed by atoms with Crippen molar-refractivity contribution in [2.45, 2.75) is 6.54 Å². The molecule has 1 fully saturated rings. The summed E-state index contributed by atoms with van der Waals surface area (Å²) in [6.45, 7) is 3.57. The summed E-state index contributed by atoms with van der Waals surface area (Å²) < 4.78 is 18.6. The van der Waals surface area contributed by atoms with Crippen LogP contribution in [0.15, 0.2) is 51.9 Å². The molecule has 1 saturated heterocycles. The molecule has 0 bridgehead atoms. The maximum Gasteiger partial charge on any atom is 0.211 e. The smallest absolute Gasteiger partial charge is 0.211 e. The van der Waals surface area contributed by atoms with E-state index in [2.05, 4.69) is 9.80 Å². The fourth-order valence-corrected chi connectivity index (χ4v) is 3.56. The van der Waals surface area contributed by atoms with Gasteiger partial charge in [0.2, 0.25) is 5.43 Å². The second-order valence-electron chi connectivity index (χ2n) is 6.59. The van der Waals surface area contributed by atoms with Crippen LogP contribution in [0.4, 0.5) is 10.1 Å². The monoisotopic (exact) mass is 388 g/mol. The molecular weight excluding hydrogens is 371 g/mol. The molecule has 7 heteroatoms. The molecule has 0 spiro atoms. The fraction of sp³-hybridized carbons (Fsp3) is 0.250. The van der Waals surface area contributed by atoms with Gasteiger partial charge in [0, 0.05) is 38.4 Å². The van der Waals surface area contributed by atoms with Crippen LogP contribution in [-0.4, -0.2) is 36.2 Å². The summed E-state index contributed by atoms with van der Waals surface area (Å²) in [4.78, 5) is 16.6. The van der Waals surface area contributed by atoms with Crippen LogP contribution >= 0.6 is 11.6 Å². The molecule has 1 aliphatic rings. The number of halogens is 2. The zero-order chi connectivity index (χ0) is 19.0. The van der Waals surface area contributed by atoms with Crippen molar-refractivity contribution in [1.82, 2.24) is 4.90 Å². The number of aromatic hydroxyl groups is 1. The van der Waals surface area contributed by atoms with Crippen molar-refractivity contribution in [3.8, 4) is 5.75 Å². The van der Waals surface area contributed by atoms with Crippen molar-refractivity contribution >= 4 is 28.3 Å². The van der Waals surface area contributed by atoms with Crippen LogP contribution in [0.2, 0.25) is 5.02 Å². The predicted octanol–water partition coefficient (Wildman–Crippen LogP) is 3.61. The third-order valence-electron chi connectivity index (χ3n) is 4.92. The molecule has 27 heavy (non-hydrogen) atoms. The lowest BCUT2D eigenvalue weighted by atomic mass is 10.1. The molecule has 5 nitrogen and oxygen atoms in total. The molecule has 0 radical (unpaired) electrons. The van der Waals surface area contributed by atoms with Crippen molar-refractivity contribution in [2.24, 2.45) is 0 Å². The van der Waals surface area contributed by atoms with Gasteiger partial charge >= 0.3 is 0 Å². The third-order valence-corrected chi connectivity index (χ3v) is 5.18. The Balaban J connectivity index is 1.52. The van der Waals surface area contributed by atoms with Gasteiger partial charge in [-0.25, -0.2) is 4.39 Å². The van der Waals surface area contributed by atoms with Gasteiger partial charge in [-0.05, 0) is 36.4 Å². The van der Waals surface area contributed by atoms with Crippen molar-refractivity contribution in [3.63, 3.8) is 0 Å². The summed E-state index contributed by atoms with van der Waals surface area (Å²) in [7, 11) is 0. The van der Waals surface area contributed by atoms with Crippen LogP contribution in [0.25, 0.3) is 11.0 Å².